The number of aliphatic carboxylic acids is 1. The Kier molecular flexibility index (Phi) is 6.80. The van der Waals surface area contributed by atoms with Gasteiger partial charge < -0.3 is 19.6 Å². The second kappa shape index (κ2) is 9.05. The van der Waals surface area contributed by atoms with Gasteiger partial charge in [0.15, 0.2) is 0 Å². The first-order valence-corrected chi connectivity index (χ1v) is 8.42. The lowest BCUT2D eigenvalue weighted by Gasteiger charge is -2.34. The molecular formula is C18H24N2O5. The van der Waals surface area contributed by atoms with Gasteiger partial charge in [0.25, 0.3) is 0 Å². The van der Waals surface area contributed by atoms with Crippen molar-refractivity contribution in [3.05, 3.63) is 29.8 Å². The van der Waals surface area contributed by atoms with Crippen LogP contribution in [0.5, 0.6) is 5.75 Å². The minimum atomic E-state index is -0.976. The number of carbonyl (C=O) groups excluding carboxylic acids is 2. The molecule has 1 aromatic rings. The summed E-state index contributed by atoms with van der Waals surface area (Å²) in [5.74, 6) is -0.389. The van der Waals surface area contributed by atoms with Crippen molar-refractivity contribution in [2.75, 3.05) is 32.8 Å². The number of nitrogens with zero attached hydrogens (tertiary/aromatic N) is 2. The van der Waals surface area contributed by atoms with Crippen LogP contribution in [-0.4, -0.2) is 65.5 Å². The number of amides is 2. The highest BCUT2D eigenvalue weighted by atomic mass is 16.5. The van der Waals surface area contributed by atoms with Gasteiger partial charge in [0.1, 0.15) is 5.75 Å². The van der Waals surface area contributed by atoms with Gasteiger partial charge in [-0.25, -0.2) is 0 Å². The quantitative estimate of drug-likeness (QED) is 0.802. The minimum absolute atomic E-state index is 0.00490. The monoisotopic (exact) mass is 348 g/mol. The number of benzene rings is 1. The predicted octanol–water partition coefficient (Wildman–Crippen LogP) is 1.30. The van der Waals surface area contributed by atoms with E-state index in [9.17, 15) is 14.4 Å². The summed E-state index contributed by atoms with van der Waals surface area (Å²) in [7, 11) is 0. The summed E-state index contributed by atoms with van der Waals surface area (Å²) in [5.41, 5.74) is 1.10. The Hall–Kier alpha value is -2.57. The number of rotatable bonds is 7. The molecule has 0 radical (unpaired) electrons. The summed E-state index contributed by atoms with van der Waals surface area (Å²) in [6, 6.07) is 7.67. The number of carboxylic acid groups (broad SMARTS) is 1. The van der Waals surface area contributed by atoms with Crippen molar-refractivity contribution in [2.24, 2.45) is 0 Å². The molecular weight excluding hydrogens is 324 g/mol. The maximum Gasteiger partial charge on any atom is 0.303 e. The van der Waals surface area contributed by atoms with Crippen molar-refractivity contribution in [2.45, 2.75) is 26.2 Å². The van der Waals surface area contributed by atoms with Crippen LogP contribution in [0.1, 0.15) is 24.8 Å². The molecule has 0 aliphatic carbocycles. The lowest BCUT2D eigenvalue weighted by Crippen LogP contribution is -2.50. The van der Waals surface area contributed by atoms with Gasteiger partial charge in [0.05, 0.1) is 19.4 Å². The molecule has 0 unspecified atom stereocenters. The zero-order valence-electron chi connectivity index (χ0n) is 14.4. The van der Waals surface area contributed by atoms with Crippen molar-refractivity contribution in [1.82, 2.24) is 9.80 Å². The molecule has 2 rings (SSSR count). The largest absolute Gasteiger partial charge is 0.493 e. The first kappa shape index (κ1) is 18.8. The van der Waals surface area contributed by atoms with Gasteiger partial charge >= 0.3 is 5.97 Å². The molecule has 136 valence electrons. The first-order valence-electron chi connectivity index (χ1n) is 8.42. The number of ether oxygens (including phenoxy) is 1. The molecule has 0 bridgehead atoms. The van der Waals surface area contributed by atoms with Crippen molar-refractivity contribution in [3.8, 4) is 5.75 Å². The fourth-order valence-corrected chi connectivity index (χ4v) is 2.70. The van der Waals surface area contributed by atoms with E-state index in [1.165, 1.54) is 0 Å². The topological polar surface area (TPSA) is 87.2 Å². The van der Waals surface area contributed by atoms with E-state index in [1.807, 2.05) is 31.2 Å². The molecule has 1 aromatic carbocycles. The highest BCUT2D eigenvalue weighted by Gasteiger charge is 2.24. The van der Waals surface area contributed by atoms with E-state index in [0.717, 1.165) is 11.3 Å². The molecule has 0 atom stereocenters. The average Bonchev–Trinajstić information content (AvgIpc) is 2.59. The molecule has 2 amide bonds. The molecule has 0 aromatic heterocycles. The molecule has 1 N–H and O–H groups in total. The number of carboxylic acids is 1. The molecule has 7 heteroatoms. The van der Waals surface area contributed by atoms with E-state index < -0.39 is 5.97 Å². The highest BCUT2D eigenvalue weighted by Crippen LogP contribution is 2.13. The normalized spacial score (nSPS) is 14.3. The van der Waals surface area contributed by atoms with E-state index >= 15 is 0 Å². The van der Waals surface area contributed by atoms with Crippen molar-refractivity contribution >= 4 is 17.8 Å². The highest BCUT2D eigenvalue weighted by molar-refractivity contribution is 5.81. The molecule has 1 aliphatic heterocycles. The smallest absolute Gasteiger partial charge is 0.303 e. The van der Waals surface area contributed by atoms with Crippen LogP contribution in [0.4, 0.5) is 0 Å². The minimum Gasteiger partial charge on any atom is -0.493 e. The molecule has 25 heavy (non-hydrogen) atoms. The van der Waals surface area contributed by atoms with Gasteiger partial charge in [-0.2, -0.15) is 0 Å². The Bertz CT molecular complexity index is 624. The number of piperazine rings is 1. The third-order valence-corrected chi connectivity index (χ3v) is 4.11. The van der Waals surface area contributed by atoms with Crippen LogP contribution in [-0.2, 0) is 14.4 Å². The number of carbonyl (C=O) groups is 3. The fraction of sp³-hybridized carbons (Fsp3) is 0.500. The van der Waals surface area contributed by atoms with E-state index in [1.54, 1.807) is 9.80 Å². The Morgan fingerprint density at radius 2 is 1.60 bits per heavy atom. The summed E-state index contributed by atoms with van der Waals surface area (Å²) in [6.07, 6.45) is 0.142. The van der Waals surface area contributed by atoms with Crippen LogP contribution in [0.15, 0.2) is 24.3 Å². The Balaban J connectivity index is 1.68. The first-order chi connectivity index (χ1) is 12.0. The zero-order valence-corrected chi connectivity index (χ0v) is 14.4. The SMILES string of the molecule is Cc1cccc(OCCC(=O)N2CCN(C(=O)CCC(=O)O)CC2)c1. The van der Waals surface area contributed by atoms with E-state index in [2.05, 4.69) is 0 Å². The number of hydrogen-bond acceptors (Lipinski definition) is 4. The van der Waals surface area contributed by atoms with Crippen LogP contribution < -0.4 is 4.74 Å². The van der Waals surface area contributed by atoms with Crippen LogP contribution in [0.2, 0.25) is 0 Å². The number of hydrogen-bond donors (Lipinski definition) is 1. The van der Waals surface area contributed by atoms with Crippen LogP contribution in [0, 0.1) is 6.92 Å². The van der Waals surface area contributed by atoms with E-state index in [-0.39, 0.29) is 24.7 Å². The standard InChI is InChI=1S/C18H24N2O5/c1-14-3-2-4-15(13-14)25-12-7-17(22)20-10-8-19(9-11-20)16(21)5-6-18(23)24/h2-4,13H,5-12H2,1H3,(H,23,24). The lowest BCUT2D eigenvalue weighted by molar-refractivity contribution is -0.143. The zero-order chi connectivity index (χ0) is 18.2. The van der Waals surface area contributed by atoms with Gasteiger partial charge in [0, 0.05) is 32.6 Å². The maximum atomic E-state index is 12.2. The van der Waals surface area contributed by atoms with Crippen molar-refractivity contribution in [3.63, 3.8) is 0 Å². The third-order valence-electron chi connectivity index (χ3n) is 4.11. The molecule has 7 nitrogen and oxygen atoms in total. The third kappa shape index (κ3) is 6.10. The van der Waals surface area contributed by atoms with Gasteiger partial charge in [-0.15, -0.1) is 0 Å². The van der Waals surface area contributed by atoms with Crippen molar-refractivity contribution < 1.29 is 24.2 Å². The maximum absolute atomic E-state index is 12.2. The molecule has 0 saturated carbocycles. The van der Waals surface area contributed by atoms with Crippen LogP contribution >= 0.6 is 0 Å². The van der Waals surface area contributed by atoms with Crippen LogP contribution in [0.25, 0.3) is 0 Å². The Morgan fingerprint density at radius 1 is 1.00 bits per heavy atom. The molecule has 1 heterocycles. The fourth-order valence-electron chi connectivity index (χ4n) is 2.70. The van der Waals surface area contributed by atoms with Gasteiger partial charge in [-0.1, -0.05) is 12.1 Å². The van der Waals surface area contributed by atoms with Gasteiger partial charge in [0.2, 0.25) is 11.8 Å². The molecule has 1 saturated heterocycles. The van der Waals surface area contributed by atoms with Gasteiger partial charge in [-0.05, 0) is 24.6 Å². The Labute approximate surface area is 147 Å². The van der Waals surface area contributed by atoms with Crippen molar-refractivity contribution in [1.29, 1.82) is 0 Å². The Morgan fingerprint density at radius 3 is 2.16 bits per heavy atom. The summed E-state index contributed by atoms with van der Waals surface area (Å²) in [5, 5.41) is 8.62. The van der Waals surface area contributed by atoms with Gasteiger partial charge in [-0.3, -0.25) is 14.4 Å². The predicted molar refractivity (Wildman–Crippen MR) is 91.3 cm³/mol. The summed E-state index contributed by atoms with van der Waals surface area (Å²) < 4.78 is 5.59. The summed E-state index contributed by atoms with van der Waals surface area (Å²) in [4.78, 5) is 37.9. The lowest BCUT2D eigenvalue weighted by atomic mass is 10.2. The van der Waals surface area contributed by atoms with E-state index in [0.29, 0.717) is 39.2 Å². The van der Waals surface area contributed by atoms with E-state index in [4.69, 9.17) is 9.84 Å². The van der Waals surface area contributed by atoms with Crippen LogP contribution in [0.3, 0.4) is 0 Å². The molecule has 1 fully saturated rings. The second-order valence-corrected chi connectivity index (χ2v) is 6.07. The summed E-state index contributed by atoms with van der Waals surface area (Å²) >= 11 is 0. The average molecular weight is 348 g/mol. The molecule has 0 spiro atoms. The second-order valence-electron chi connectivity index (χ2n) is 6.07. The summed E-state index contributed by atoms with van der Waals surface area (Å²) in [6.45, 7) is 4.14. The molecule has 1 aliphatic rings. The number of aryl methyl sites for hydroxylation is 1.